The number of hydrogen-bond donors (Lipinski definition) is 0. The summed E-state index contributed by atoms with van der Waals surface area (Å²) in [6.45, 7) is 41.0. The Balaban J connectivity index is 1.55. The van der Waals surface area contributed by atoms with E-state index in [-0.39, 0.29) is 11.7 Å². The molecule has 0 spiro atoms. The molecule has 11 atom stereocenters. The Bertz CT molecular complexity index is 1060. The predicted octanol–water partition coefficient (Wildman–Crippen LogP) is 12.0. The molecule has 4 saturated carbocycles. The van der Waals surface area contributed by atoms with E-state index in [1.165, 1.54) is 57.8 Å². The fraction of sp³-hybridized carbons (Fsp3) is 1.00. The first-order valence-electron chi connectivity index (χ1n) is 19.9. The summed E-state index contributed by atoms with van der Waals surface area (Å²) in [7, 11) is -6.65. The number of fused-ring (bicyclic) bond motifs is 5. The molecule has 47 heavy (non-hydrogen) atoms. The predicted molar refractivity (Wildman–Crippen MR) is 212 cm³/mol. The zero-order valence-electron chi connectivity index (χ0n) is 34.4. The van der Waals surface area contributed by atoms with E-state index in [0.29, 0.717) is 29.0 Å². The second-order valence-corrected chi connectivity index (χ2v) is 39.8. The van der Waals surface area contributed by atoms with Crippen molar-refractivity contribution >= 4 is 33.3 Å². The van der Waals surface area contributed by atoms with E-state index < -0.39 is 33.3 Å². The maximum absolute atomic E-state index is 7.31. The summed E-state index contributed by atoms with van der Waals surface area (Å²) in [6.07, 6.45) is 14.1. The second kappa shape index (κ2) is 13.9. The van der Waals surface area contributed by atoms with Crippen molar-refractivity contribution in [3.63, 3.8) is 0 Å². The number of hydrogen-bond acceptors (Lipinski definition) is 4. The zero-order valence-corrected chi connectivity index (χ0v) is 38.4. The van der Waals surface area contributed by atoms with Gasteiger partial charge in [-0.15, -0.1) is 0 Å². The van der Waals surface area contributed by atoms with Gasteiger partial charge in [-0.25, -0.2) is 0 Å². The first-order chi connectivity index (χ1) is 21.1. The molecule has 4 aliphatic carbocycles. The van der Waals surface area contributed by atoms with Crippen LogP contribution in [0.4, 0.5) is 0 Å². The second-order valence-electron chi connectivity index (χ2n) is 21.9. The molecule has 8 heteroatoms. The van der Waals surface area contributed by atoms with Crippen molar-refractivity contribution in [2.24, 2.45) is 46.3 Å². The van der Waals surface area contributed by atoms with Crippen LogP contribution in [0.3, 0.4) is 0 Å². The minimum Gasteiger partial charge on any atom is -0.415 e. The third-order valence-electron chi connectivity index (χ3n) is 13.1. The Morgan fingerprint density at radius 2 is 1.23 bits per heavy atom. The Morgan fingerprint density at radius 3 is 1.79 bits per heavy atom. The summed E-state index contributed by atoms with van der Waals surface area (Å²) in [5.41, 5.74) is 0.610. The molecule has 4 fully saturated rings. The fourth-order valence-corrected chi connectivity index (χ4v) is 17.1. The molecule has 4 rings (SSSR count). The van der Waals surface area contributed by atoms with Gasteiger partial charge in [0.25, 0.3) is 0 Å². The lowest BCUT2D eigenvalue weighted by Crippen LogP contribution is -2.60. The van der Waals surface area contributed by atoms with Gasteiger partial charge in [0.1, 0.15) is 0 Å². The van der Waals surface area contributed by atoms with Crippen LogP contribution in [0.5, 0.6) is 0 Å². The third-order valence-corrected chi connectivity index (χ3v) is 17.3. The molecule has 0 N–H and O–H groups in total. The van der Waals surface area contributed by atoms with Gasteiger partial charge in [0.15, 0.2) is 33.3 Å². The normalized spacial score (nSPS) is 38.4. The van der Waals surface area contributed by atoms with Gasteiger partial charge in [-0.2, -0.15) is 0 Å². The monoisotopic (exact) mass is 725 g/mol. The Hall–Kier alpha value is 0.708. The maximum Gasteiger partial charge on any atom is 0.184 e. The van der Waals surface area contributed by atoms with Crippen molar-refractivity contribution in [3.05, 3.63) is 0 Å². The molecule has 0 radical (unpaired) electrons. The Morgan fingerprint density at radius 1 is 0.660 bits per heavy atom. The van der Waals surface area contributed by atoms with Crippen LogP contribution in [0.15, 0.2) is 0 Å². The molecule has 0 heterocycles. The van der Waals surface area contributed by atoms with E-state index in [4.69, 9.17) is 17.7 Å². The van der Waals surface area contributed by atoms with Crippen molar-refractivity contribution in [1.82, 2.24) is 0 Å². The quantitative estimate of drug-likeness (QED) is 0.177. The minimum absolute atomic E-state index is 0.161. The highest BCUT2D eigenvalue weighted by atomic mass is 28.4. The van der Waals surface area contributed by atoms with Crippen LogP contribution in [0.1, 0.15) is 98.8 Å². The van der Waals surface area contributed by atoms with Gasteiger partial charge in [0, 0.05) is 12.2 Å². The van der Waals surface area contributed by atoms with Gasteiger partial charge in [-0.1, -0.05) is 20.8 Å². The van der Waals surface area contributed by atoms with E-state index in [0.717, 1.165) is 36.0 Å². The molecule has 0 amide bonds. The van der Waals surface area contributed by atoms with Crippen molar-refractivity contribution in [2.75, 3.05) is 0 Å². The van der Waals surface area contributed by atoms with Crippen LogP contribution in [-0.2, 0) is 17.7 Å². The molecule has 0 aromatic heterocycles. The SMILES string of the molecule is CC(CC[C@H](O[Si](C)(C)C)C(C)(C)O[Si](C)(C)C)[C@H]1CC[C@H]2[C@@H]3[C@H](O[Si](C)(C)C)C[C@H]4C[C@H](O[Si](C)(C)C)CC[C@]4(C)[C@H]3CC[C@]12C. The molecule has 0 aromatic carbocycles. The fourth-order valence-electron chi connectivity index (χ4n) is 11.8. The Labute approximate surface area is 297 Å². The average molecular weight is 725 g/mol. The highest BCUT2D eigenvalue weighted by molar-refractivity contribution is 6.71. The summed E-state index contributed by atoms with van der Waals surface area (Å²) >= 11 is 0. The van der Waals surface area contributed by atoms with Crippen LogP contribution >= 0.6 is 0 Å². The van der Waals surface area contributed by atoms with Crippen LogP contribution in [0, 0.1) is 46.3 Å². The summed E-state index contributed by atoms with van der Waals surface area (Å²) < 4.78 is 27.8. The number of rotatable bonds is 13. The van der Waals surface area contributed by atoms with E-state index in [1.54, 1.807) is 0 Å². The standard InChI is InChI=1S/C39H80O4Si4/c1-28(18-21-35(42-46(12,13)14)37(2,3)43-47(15,16)17)31-19-20-32-36-33(23-25-39(31,32)5)38(4)24-22-30(40-44(6,7)8)26-29(38)27-34(36)41-45(9,10)11/h28-36H,18-27H2,1-17H3/t28?,29-,30-,31-,32+,33+,34-,35+,36+,38+,39-/m1/s1. The van der Waals surface area contributed by atoms with E-state index in [2.05, 4.69) is 113 Å². The van der Waals surface area contributed by atoms with E-state index in [9.17, 15) is 0 Å². The van der Waals surface area contributed by atoms with Crippen LogP contribution in [0.2, 0.25) is 78.6 Å². The van der Waals surface area contributed by atoms with Crippen molar-refractivity contribution < 1.29 is 17.7 Å². The molecule has 0 bridgehead atoms. The molecule has 0 saturated heterocycles. The van der Waals surface area contributed by atoms with E-state index >= 15 is 0 Å². The molecule has 0 aliphatic heterocycles. The smallest absolute Gasteiger partial charge is 0.184 e. The van der Waals surface area contributed by atoms with Gasteiger partial charge >= 0.3 is 0 Å². The molecule has 4 aliphatic rings. The Kier molecular flexibility index (Phi) is 12.0. The van der Waals surface area contributed by atoms with Crippen molar-refractivity contribution in [2.45, 2.75) is 201 Å². The molecule has 0 aromatic rings. The maximum atomic E-state index is 7.31. The van der Waals surface area contributed by atoms with Crippen LogP contribution < -0.4 is 0 Å². The van der Waals surface area contributed by atoms with Crippen molar-refractivity contribution in [3.8, 4) is 0 Å². The topological polar surface area (TPSA) is 36.9 Å². The third kappa shape index (κ3) is 9.78. The molecular weight excluding hydrogens is 645 g/mol. The molecule has 1 unspecified atom stereocenters. The highest BCUT2D eigenvalue weighted by Crippen LogP contribution is 2.69. The van der Waals surface area contributed by atoms with Gasteiger partial charge in [-0.05, 0) is 203 Å². The molecule has 276 valence electrons. The van der Waals surface area contributed by atoms with Crippen LogP contribution in [0.25, 0.3) is 0 Å². The van der Waals surface area contributed by atoms with Gasteiger partial charge in [-0.3, -0.25) is 0 Å². The van der Waals surface area contributed by atoms with Gasteiger partial charge in [0.2, 0.25) is 0 Å². The van der Waals surface area contributed by atoms with Crippen LogP contribution in [-0.4, -0.2) is 57.2 Å². The first kappa shape index (κ1) is 40.5. The van der Waals surface area contributed by atoms with Crippen molar-refractivity contribution in [1.29, 1.82) is 0 Å². The van der Waals surface area contributed by atoms with E-state index in [1.807, 2.05) is 0 Å². The summed E-state index contributed by atoms with van der Waals surface area (Å²) in [4.78, 5) is 0. The summed E-state index contributed by atoms with van der Waals surface area (Å²) in [5, 5.41) is 0. The minimum atomic E-state index is -1.72. The molecular formula is C39H80O4Si4. The van der Waals surface area contributed by atoms with Gasteiger partial charge < -0.3 is 17.7 Å². The average Bonchev–Trinajstić information content (AvgIpc) is 3.20. The largest absolute Gasteiger partial charge is 0.415 e. The zero-order chi connectivity index (χ0) is 35.6. The highest BCUT2D eigenvalue weighted by Gasteiger charge is 2.63. The summed E-state index contributed by atoms with van der Waals surface area (Å²) in [5.74, 6) is 4.56. The lowest BCUT2D eigenvalue weighted by atomic mass is 9.43. The lowest BCUT2D eigenvalue weighted by Gasteiger charge is -2.64. The lowest BCUT2D eigenvalue weighted by molar-refractivity contribution is -0.168. The molecule has 4 nitrogen and oxygen atoms in total. The summed E-state index contributed by atoms with van der Waals surface area (Å²) in [6, 6.07) is 0. The first-order valence-corrected chi connectivity index (χ1v) is 33.5. The van der Waals surface area contributed by atoms with Gasteiger partial charge in [0.05, 0.1) is 11.7 Å².